The number of hydrogen-bond acceptors (Lipinski definition) is 3. The molecule has 0 aromatic carbocycles. The SMILES string of the molecule is CC1CNCC(C)N1C1CCCC1O. The van der Waals surface area contributed by atoms with Gasteiger partial charge >= 0.3 is 0 Å². The van der Waals surface area contributed by atoms with Gasteiger partial charge in [0.2, 0.25) is 0 Å². The van der Waals surface area contributed by atoms with Crippen LogP contribution in [-0.4, -0.2) is 47.3 Å². The standard InChI is InChI=1S/C11H22N2O/c1-8-6-12-7-9(2)13(8)10-4-3-5-11(10)14/h8-12,14H,3-7H2,1-2H3. The van der Waals surface area contributed by atoms with Gasteiger partial charge in [-0.05, 0) is 33.1 Å². The maximum Gasteiger partial charge on any atom is 0.0695 e. The fourth-order valence-electron chi connectivity index (χ4n) is 3.07. The largest absolute Gasteiger partial charge is 0.391 e. The lowest BCUT2D eigenvalue weighted by molar-refractivity contribution is 0.00737. The highest BCUT2D eigenvalue weighted by Crippen LogP contribution is 2.28. The molecule has 0 radical (unpaired) electrons. The van der Waals surface area contributed by atoms with Crippen LogP contribution in [0.4, 0.5) is 0 Å². The summed E-state index contributed by atoms with van der Waals surface area (Å²) < 4.78 is 0. The van der Waals surface area contributed by atoms with Crippen molar-refractivity contribution in [1.82, 2.24) is 10.2 Å². The topological polar surface area (TPSA) is 35.5 Å². The summed E-state index contributed by atoms with van der Waals surface area (Å²) in [6.07, 6.45) is 3.28. The van der Waals surface area contributed by atoms with Gasteiger partial charge in [0.15, 0.2) is 0 Å². The summed E-state index contributed by atoms with van der Waals surface area (Å²) in [5.74, 6) is 0. The minimum absolute atomic E-state index is 0.0852. The Bertz CT molecular complexity index is 188. The summed E-state index contributed by atoms with van der Waals surface area (Å²) in [5, 5.41) is 13.3. The number of aliphatic hydroxyl groups excluding tert-OH is 1. The van der Waals surface area contributed by atoms with E-state index in [0.717, 1.165) is 19.5 Å². The number of nitrogens with zero attached hydrogens (tertiary/aromatic N) is 1. The second kappa shape index (κ2) is 4.17. The quantitative estimate of drug-likeness (QED) is 0.647. The van der Waals surface area contributed by atoms with Gasteiger partial charge in [-0.2, -0.15) is 0 Å². The second-order valence-electron chi connectivity index (χ2n) is 4.87. The lowest BCUT2D eigenvalue weighted by Gasteiger charge is -2.44. The molecule has 1 saturated heterocycles. The molecule has 82 valence electrons. The molecule has 2 rings (SSSR count). The van der Waals surface area contributed by atoms with Crippen LogP contribution in [0.5, 0.6) is 0 Å². The first-order valence-corrected chi connectivity index (χ1v) is 5.86. The van der Waals surface area contributed by atoms with Crippen LogP contribution in [0, 0.1) is 0 Å². The lowest BCUT2D eigenvalue weighted by Crippen LogP contribution is -2.60. The molecule has 1 heterocycles. The molecule has 1 saturated carbocycles. The molecule has 2 aliphatic rings. The van der Waals surface area contributed by atoms with Gasteiger partial charge in [0.1, 0.15) is 0 Å². The molecular weight excluding hydrogens is 176 g/mol. The van der Waals surface area contributed by atoms with E-state index in [-0.39, 0.29) is 6.10 Å². The summed E-state index contributed by atoms with van der Waals surface area (Å²) in [4.78, 5) is 2.52. The molecule has 0 spiro atoms. The first-order valence-electron chi connectivity index (χ1n) is 5.86. The van der Waals surface area contributed by atoms with E-state index in [1.165, 1.54) is 12.8 Å². The molecule has 4 unspecified atom stereocenters. The van der Waals surface area contributed by atoms with Gasteiger partial charge in [-0.1, -0.05) is 0 Å². The zero-order chi connectivity index (χ0) is 10.1. The van der Waals surface area contributed by atoms with Gasteiger partial charge in [-0.25, -0.2) is 0 Å². The fraction of sp³-hybridized carbons (Fsp3) is 1.00. The van der Waals surface area contributed by atoms with Gasteiger partial charge in [0.05, 0.1) is 6.10 Å². The van der Waals surface area contributed by atoms with Crippen LogP contribution in [-0.2, 0) is 0 Å². The van der Waals surface area contributed by atoms with Gasteiger partial charge in [0.25, 0.3) is 0 Å². The van der Waals surface area contributed by atoms with Crippen LogP contribution in [0.15, 0.2) is 0 Å². The Labute approximate surface area is 86.5 Å². The third-order valence-corrected chi connectivity index (χ3v) is 3.72. The molecular formula is C11H22N2O. The highest BCUT2D eigenvalue weighted by atomic mass is 16.3. The molecule has 2 fully saturated rings. The second-order valence-corrected chi connectivity index (χ2v) is 4.87. The number of piperazine rings is 1. The maximum absolute atomic E-state index is 9.91. The van der Waals surface area contributed by atoms with Crippen LogP contribution >= 0.6 is 0 Å². The summed E-state index contributed by atoms with van der Waals surface area (Å²) in [7, 11) is 0. The highest BCUT2D eigenvalue weighted by molar-refractivity contribution is 4.93. The predicted molar refractivity (Wildman–Crippen MR) is 57.3 cm³/mol. The van der Waals surface area contributed by atoms with Crippen LogP contribution in [0.3, 0.4) is 0 Å². The minimum atomic E-state index is -0.0852. The van der Waals surface area contributed by atoms with Crippen molar-refractivity contribution in [2.24, 2.45) is 0 Å². The van der Waals surface area contributed by atoms with Crippen molar-refractivity contribution in [2.75, 3.05) is 13.1 Å². The Kier molecular flexibility index (Phi) is 3.10. The Morgan fingerprint density at radius 1 is 1.14 bits per heavy atom. The van der Waals surface area contributed by atoms with Crippen LogP contribution in [0.2, 0.25) is 0 Å². The van der Waals surface area contributed by atoms with Crippen LogP contribution in [0.1, 0.15) is 33.1 Å². The van der Waals surface area contributed by atoms with Crippen molar-refractivity contribution in [1.29, 1.82) is 0 Å². The Hall–Kier alpha value is -0.120. The third kappa shape index (κ3) is 1.81. The Balaban J connectivity index is 2.05. The summed E-state index contributed by atoms with van der Waals surface area (Å²) in [6.45, 7) is 6.64. The van der Waals surface area contributed by atoms with E-state index in [9.17, 15) is 5.11 Å². The van der Waals surface area contributed by atoms with Crippen molar-refractivity contribution < 1.29 is 5.11 Å². The van der Waals surface area contributed by atoms with Crippen molar-refractivity contribution in [2.45, 2.75) is 57.3 Å². The number of aliphatic hydroxyl groups is 1. The first kappa shape index (κ1) is 10.4. The zero-order valence-corrected chi connectivity index (χ0v) is 9.24. The van der Waals surface area contributed by atoms with Gasteiger partial charge in [0, 0.05) is 31.2 Å². The van der Waals surface area contributed by atoms with E-state index in [0.29, 0.717) is 18.1 Å². The Morgan fingerprint density at radius 3 is 2.29 bits per heavy atom. The van der Waals surface area contributed by atoms with Crippen molar-refractivity contribution in [3.05, 3.63) is 0 Å². The average Bonchev–Trinajstić information content (AvgIpc) is 2.52. The molecule has 0 bridgehead atoms. The van der Waals surface area contributed by atoms with Crippen LogP contribution < -0.4 is 5.32 Å². The van der Waals surface area contributed by atoms with E-state index >= 15 is 0 Å². The van der Waals surface area contributed by atoms with Crippen molar-refractivity contribution in [3.8, 4) is 0 Å². The molecule has 2 N–H and O–H groups in total. The van der Waals surface area contributed by atoms with Crippen molar-refractivity contribution >= 4 is 0 Å². The first-order chi connectivity index (χ1) is 6.70. The fourth-order valence-corrected chi connectivity index (χ4v) is 3.07. The Morgan fingerprint density at radius 2 is 1.79 bits per heavy atom. The van der Waals surface area contributed by atoms with E-state index in [2.05, 4.69) is 24.1 Å². The molecule has 14 heavy (non-hydrogen) atoms. The number of nitrogens with one attached hydrogen (secondary N) is 1. The number of rotatable bonds is 1. The summed E-state index contributed by atoms with van der Waals surface area (Å²) >= 11 is 0. The van der Waals surface area contributed by atoms with E-state index in [4.69, 9.17) is 0 Å². The van der Waals surface area contributed by atoms with E-state index < -0.39 is 0 Å². The van der Waals surface area contributed by atoms with Gasteiger partial charge < -0.3 is 10.4 Å². The van der Waals surface area contributed by atoms with E-state index in [1.807, 2.05) is 0 Å². The molecule has 3 heteroatoms. The van der Waals surface area contributed by atoms with Crippen molar-refractivity contribution in [3.63, 3.8) is 0 Å². The summed E-state index contributed by atoms with van der Waals surface area (Å²) in [6, 6.07) is 1.55. The molecule has 1 aliphatic carbocycles. The monoisotopic (exact) mass is 198 g/mol. The third-order valence-electron chi connectivity index (χ3n) is 3.72. The zero-order valence-electron chi connectivity index (χ0n) is 9.24. The maximum atomic E-state index is 9.91. The normalized spacial score (nSPS) is 45.6. The van der Waals surface area contributed by atoms with Crippen LogP contribution in [0.25, 0.3) is 0 Å². The molecule has 1 aliphatic heterocycles. The average molecular weight is 198 g/mol. The molecule has 0 amide bonds. The lowest BCUT2D eigenvalue weighted by atomic mass is 10.0. The summed E-state index contributed by atoms with van der Waals surface area (Å²) in [5.41, 5.74) is 0. The predicted octanol–water partition coefficient (Wildman–Crippen LogP) is 0.582. The number of hydrogen-bond donors (Lipinski definition) is 2. The van der Waals surface area contributed by atoms with Gasteiger partial charge in [-0.15, -0.1) is 0 Å². The molecule has 0 aromatic rings. The highest BCUT2D eigenvalue weighted by Gasteiger charge is 2.37. The van der Waals surface area contributed by atoms with E-state index in [1.54, 1.807) is 0 Å². The minimum Gasteiger partial charge on any atom is -0.391 e. The molecule has 0 aromatic heterocycles. The molecule has 3 nitrogen and oxygen atoms in total. The molecule has 4 atom stereocenters. The smallest absolute Gasteiger partial charge is 0.0695 e. The van der Waals surface area contributed by atoms with Gasteiger partial charge in [-0.3, -0.25) is 4.90 Å².